The molecule has 26 heteroatoms. The van der Waals surface area contributed by atoms with E-state index in [-0.39, 0.29) is 65.1 Å². The minimum atomic E-state index is -1.46. The second-order valence-electron chi connectivity index (χ2n) is 5.17. The zero-order valence-corrected chi connectivity index (χ0v) is 20.1. The first-order valence-electron chi connectivity index (χ1n) is 7.25. The van der Waals surface area contributed by atoms with Gasteiger partial charge in [-0.05, 0) is 0 Å². The Hall–Kier alpha value is -4.50. The van der Waals surface area contributed by atoms with Gasteiger partial charge in [-0.2, -0.15) is 0 Å². The molecule has 0 saturated carbocycles. The van der Waals surface area contributed by atoms with Crippen LogP contribution < -0.4 is 10.2 Å². The number of nitro benzene ring substituents is 6. The number of nitrogens with zero attached hydrogens (tertiary/aromatic N) is 6. The van der Waals surface area contributed by atoms with Crippen molar-refractivity contribution in [1.82, 2.24) is 0 Å². The van der Waals surface area contributed by atoms with E-state index >= 15 is 0 Å². The van der Waals surface area contributed by atoms with Gasteiger partial charge in [0.1, 0.15) is 0 Å². The minimum Gasteiger partial charge on any atom is -0.863 e. The minimum absolute atomic E-state index is 0. The molecule has 0 amide bonds. The van der Waals surface area contributed by atoms with Crippen molar-refractivity contribution in [3.8, 4) is 11.5 Å². The van der Waals surface area contributed by atoms with Gasteiger partial charge in [0.25, 0.3) is 34.1 Å². The predicted octanol–water partition coefficient (Wildman–Crippen LogP) is -3.53. The van der Waals surface area contributed by atoms with Crippen LogP contribution in [-0.4, -0.2) is 94.7 Å². The second-order valence-corrected chi connectivity index (χ2v) is 5.17. The first-order valence-corrected chi connectivity index (χ1v) is 7.25. The molecular weight excluding hydrogens is 572 g/mol. The molecule has 2 aromatic carbocycles. The van der Waals surface area contributed by atoms with Gasteiger partial charge >= 0.3 is 37.7 Å². The predicted molar refractivity (Wildman–Crippen MR) is 116 cm³/mol. The summed E-state index contributed by atoms with van der Waals surface area (Å²) in [6.07, 6.45) is 0. The zero-order chi connectivity index (χ0) is 24.9. The maximum Gasteiger partial charge on any atom is 2.00 e. The summed E-state index contributed by atoms with van der Waals surface area (Å²) >= 11 is 0. The van der Waals surface area contributed by atoms with Crippen molar-refractivity contribution in [2.45, 2.75) is 0 Å². The van der Waals surface area contributed by atoms with Crippen molar-refractivity contribution >= 4 is 71.9 Å². The third-order valence-electron chi connectivity index (χ3n) is 3.28. The standard InChI is InChI=1S/2C6H3N3O7.Ca.5H2O/c2*10-6-4(8(13)14)1-3(7(11)12)2-5(6)9(15)16;;;;;;/h2*1-2,10H;;5*1H2/q;;+2;;;;;/p-2. The van der Waals surface area contributed by atoms with Crippen molar-refractivity contribution in [3.63, 3.8) is 0 Å². The third-order valence-corrected chi connectivity index (χ3v) is 3.28. The van der Waals surface area contributed by atoms with Crippen molar-refractivity contribution in [1.29, 1.82) is 0 Å². The Morgan fingerprint density at radius 1 is 0.395 bits per heavy atom. The van der Waals surface area contributed by atoms with E-state index in [1.54, 1.807) is 0 Å². The van der Waals surface area contributed by atoms with Gasteiger partial charge in [0.2, 0.25) is 0 Å². The van der Waals surface area contributed by atoms with Gasteiger partial charge in [-0.3, -0.25) is 60.7 Å². The fourth-order valence-electron chi connectivity index (χ4n) is 1.92. The Balaban J connectivity index is -0.000000116. The van der Waals surface area contributed by atoms with Gasteiger partial charge in [-0.1, -0.05) is 0 Å². The summed E-state index contributed by atoms with van der Waals surface area (Å²) in [5.41, 5.74) is -6.53. The number of hydrogen-bond acceptors (Lipinski definition) is 14. The molecule has 0 radical (unpaired) electrons. The van der Waals surface area contributed by atoms with Crippen LogP contribution in [0.5, 0.6) is 11.5 Å². The van der Waals surface area contributed by atoms with Crippen LogP contribution in [-0.2, 0) is 0 Å². The fourth-order valence-corrected chi connectivity index (χ4v) is 1.92. The molecular formula is C12H14CaN6O19. The van der Waals surface area contributed by atoms with Crippen LogP contribution in [0.3, 0.4) is 0 Å². The molecule has 25 nitrogen and oxygen atoms in total. The average Bonchev–Trinajstić information content (AvgIpc) is 2.67. The summed E-state index contributed by atoms with van der Waals surface area (Å²) in [7, 11) is 0. The number of hydrogen-bond donors (Lipinski definition) is 0. The quantitative estimate of drug-likeness (QED) is 0.180. The molecule has 208 valence electrons. The third kappa shape index (κ3) is 11.0. The van der Waals surface area contributed by atoms with E-state index in [9.17, 15) is 70.9 Å². The molecule has 0 aliphatic carbocycles. The van der Waals surface area contributed by atoms with Crippen molar-refractivity contribution < 1.29 is 67.1 Å². The Bertz CT molecular complexity index is 1030. The first kappa shape index (κ1) is 46.8. The van der Waals surface area contributed by atoms with Crippen molar-refractivity contribution in [3.05, 3.63) is 85.0 Å². The Labute approximate surface area is 235 Å². The van der Waals surface area contributed by atoms with Gasteiger partial charge in [0.05, 0.1) is 65.3 Å². The molecule has 0 heterocycles. The monoisotopic (exact) mass is 586 g/mol. The summed E-state index contributed by atoms with van der Waals surface area (Å²) in [6.45, 7) is 0. The SMILES string of the molecule is O.O.O.O.O.O=[N+]([O-])c1cc([N+](=O)[O-])c([O-])c([N+](=O)[O-])c1.O=[N+]([O-])c1cc([N+](=O)[O-])c([O-])c([N+](=O)[O-])c1.[Ca+2]. The summed E-state index contributed by atoms with van der Waals surface area (Å²) in [5.74, 6) is -2.92. The summed E-state index contributed by atoms with van der Waals surface area (Å²) < 4.78 is 0. The molecule has 2 rings (SSSR count). The molecule has 0 saturated heterocycles. The zero-order valence-electron chi connectivity index (χ0n) is 17.9. The smallest absolute Gasteiger partial charge is 0.863 e. The average molecular weight is 586 g/mol. The number of nitro groups is 6. The number of rotatable bonds is 6. The van der Waals surface area contributed by atoms with Gasteiger partial charge < -0.3 is 37.6 Å². The molecule has 0 aromatic heterocycles. The van der Waals surface area contributed by atoms with Crippen LogP contribution in [0.25, 0.3) is 0 Å². The molecule has 38 heavy (non-hydrogen) atoms. The number of benzene rings is 2. The van der Waals surface area contributed by atoms with E-state index in [0.717, 1.165) is 0 Å². The van der Waals surface area contributed by atoms with E-state index in [4.69, 9.17) is 0 Å². The topological polar surface area (TPSA) is 462 Å². The Morgan fingerprint density at radius 3 is 0.658 bits per heavy atom. The first-order chi connectivity index (χ1) is 14.7. The molecule has 0 aliphatic rings. The molecule has 10 N–H and O–H groups in total. The van der Waals surface area contributed by atoms with Crippen LogP contribution in [0.4, 0.5) is 34.1 Å². The fraction of sp³-hybridized carbons (Fsp3) is 0. The molecule has 0 fully saturated rings. The van der Waals surface area contributed by atoms with Crippen LogP contribution >= 0.6 is 0 Å². The van der Waals surface area contributed by atoms with E-state index in [0.29, 0.717) is 24.3 Å². The van der Waals surface area contributed by atoms with Crippen LogP contribution in [0.15, 0.2) is 24.3 Å². The van der Waals surface area contributed by atoms with Gasteiger partial charge in [0.15, 0.2) is 0 Å². The second kappa shape index (κ2) is 18.7. The Morgan fingerprint density at radius 2 is 0.553 bits per heavy atom. The van der Waals surface area contributed by atoms with Gasteiger partial charge in [-0.15, -0.1) is 0 Å². The maximum absolute atomic E-state index is 11.1. The van der Waals surface area contributed by atoms with Crippen molar-refractivity contribution in [2.24, 2.45) is 0 Å². The summed E-state index contributed by atoms with van der Waals surface area (Å²) in [4.78, 5) is 55.0. The Kier molecular flexibility index (Phi) is 23.1. The van der Waals surface area contributed by atoms with Crippen LogP contribution in [0, 0.1) is 60.7 Å². The largest absolute Gasteiger partial charge is 2.00 e. The van der Waals surface area contributed by atoms with E-state index < -0.39 is 75.2 Å². The van der Waals surface area contributed by atoms with Crippen LogP contribution in [0.1, 0.15) is 0 Å². The maximum atomic E-state index is 11.1. The molecule has 0 aliphatic heterocycles. The van der Waals surface area contributed by atoms with Gasteiger partial charge in [-0.25, -0.2) is 0 Å². The van der Waals surface area contributed by atoms with Gasteiger partial charge in [0, 0.05) is 0 Å². The molecule has 0 unspecified atom stereocenters. The van der Waals surface area contributed by atoms with E-state index in [1.165, 1.54) is 0 Å². The number of non-ortho nitro benzene ring substituents is 2. The van der Waals surface area contributed by atoms with E-state index in [1.807, 2.05) is 0 Å². The van der Waals surface area contributed by atoms with Crippen LogP contribution in [0.2, 0.25) is 0 Å². The molecule has 0 atom stereocenters. The van der Waals surface area contributed by atoms with E-state index in [2.05, 4.69) is 0 Å². The summed E-state index contributed by atoms with van der Waals surface area (Å²) in [5, 5.41) is 84.2. The van der Waals surface area contributed by atoms with Crippen molar-refractivity contribution in [2.75, 3.05) is 0 Å². The normalized spacial score (nSPS) is 8.21. The summed E-state index contributed by atoms with van der Waals surface area (Å²) in [6, 6.07) is 1.54. The molecule has 2 aromatic rings. The molecule has 0 bridgehead atoms. The molecule has 0 spiro atoms.